The Labute approximate surface area is 159 Å². The van der Waals surface area contributed by atoms with E-state index in [4.69, 9.17) is 9.51 Å². The molecule has 4 rings (SSSR count). The van der Waals surface area contributed by atoms with E-state index >= 15 is 0 Å². The van der Waals surface area contributed by atoms with Crippen LogP contribution in [0.1, 0.15) is 55.4 Å². The first-order valence-electron chi connectivity index (χ1n) is 9.32. The number of rotatable bonds is 4. The molecule has 0 fully saturated rings. The normalized spacial score (nSPS) is 12.8. The fraction of sp³-hybridized carbons (Fsp3) is 0.318. The molecule has 4 heterocycles. The Kier molecular flexibility index (Phi) is 4.30. The minimum atomic E-state index is 0.114. The molecule has 0 radical (unpaired) electrons. The standard InChI is InChI=1S/C22H24N4O/c1-13(2)18-12-26(15(4)19-8-6-7-9-23-19)20-10-17(11-24-22(18)20)21-14(3)25-27-16(21)5/h6-13,15H,1-5H3. The van der Waals surface area contributed by atoms with Gasteiger partial charge in [-0.3, -0.25) is 9.97 Å². The molecule has 1 unspecified atom stereocenters. The van der Waals surface area contributed by atoms with Crippen molar-refractivity contribution in [1.82, 2.24) is 19.7 Å². The molecule has 0 aliphatic heterocycles. The van der Waals surface area contributed by atoms with Crippen LogP contribution < -0.4 is 0 Å². The van der Waals surface area contributed by atoms with Gasteiger partial charge in [-0.05, 0) is 50.5 Å². The van der Waals surface area contributed by atoms with Crippen LogP contribution in [0.25, 0.3) is 22.2 Å². The van der Waals surface area contributed by atoms with Gasteiger partial charge in [-0.15, -0.1) is 0 Å². The fourth-order valence-electron chi connectivity index (χ4n) is 3.69. The van der Waals surface area contributed by atoms with Gasteiger partial charge in [-0.2, -0.15) is 0 Å². The minimum Gasteiger partial charge on any atom is -0.361 e. The highest BCUT2D eigenvalue weighted by atomic mass is 16.5. The first-order chi connectivity index (χ1) is 13.0. The van der Waals surface area contributed by atoms with Gasteiger partial charge in [0.15, 0.2) is 0 Å². The van der Waals surface area contributed by atoms with E-state index in [2.05, 4.69) is 53.8 Å². The SMILES string of the molecule is Cc1noc(C)c1-c1cnc2c(C(C)C)cn(C(C)c3ccccn3)c2c1. The maximum absolute atomic E-state index is 5.36. The van der Waals surface area contributed by atoms with Gasteiger partial charge in [-0.1, -0.05) is 25.1 Å². The lowest BCUT2D eigenvalue weighted by Crippen LogP contribution is -2.07. The van der Waals surface area contributed by atoms with Gasteiger partial charge in [-0.25, -0.2) is 0 Å². The summed E-state index contributed by atoms with van der Waals surface area (Å²) >= 11 is 0. The molecule has 1 atom stereocenters. The van der Waals surface area contributed by atoms with Crippen molar-refractivity contribution in [2.45, 2.75) is 46.6 Å². The fourth-order valence-corrected chi connectivity index (χ4v) is 3.69. The van der Waals surface area contributed by atoms with Crippen LogP contribution in [0.2, 0.25) is 0 Å². The summed E-state index contributed by atoms with van der Waals surface area (Å²) in [6.07, 6.45) is 5.99. The summed E-state index contributed by atoms with van der Waals surface area (Å²) < 4.78 is 7.64. The molecule has 138 valence electrons. The van der Waals surface area contributed by atoms with Gasteiger partial charge in [0.25, 0.3) is 0 Å². The van der Waals surface area contributed by atoms with Crippen LogP contribution in [0.3, 0.4) is 0 Å². The average Bonchev–Trinajstić information content (AvgIpc) is 3.21. The number of hydrogen-bond donors (Lipinski definition) is 0. The molecule has 0 spiro atoms. The molecular formula is C22H24N4O. The van der Waals surface area contributed by atoms with Gasteiger partial charge in [0.1, 0.15) is 5.76 Å². The van der Waals surface area contributed by atoms with Crippen molar-refractivity contribution in [3.8, 4) is 11.1 Å². The molecule has 5 nitrogen and oxygen atoms in total. The molecule has 0 aliphatic rings. The quantitative estimate of drug-likeness (QED) is 0.486. The number of aromatic nitrogens is 4. The molecule has 0 bridgehead atoms. The maximum Gasteiger partial charge on any atom is 0.141 e. The zero-order valence-electron chi connectivity index (χ0n) is 16.4. The van der Waals surface area contributed by atoms with Crippen molar-refractivity contribution in [3.05, 3.63) is 65.6 Å². The van der Waals surface area contributed by atoms with Crippen molar-refractivity contribution in [3.63, 3.8) is 0 Å². The number of hydrogen-bond acceptors (Lipinski definition) is 4. The highest BCUT2D eigenvalue weighted by Gasteiger charge is 2.20. The summed E-state index contributed by atoms with van der Waals surface area (Å²) in [5.41, 5.74) is 7.37. The van der Waals surface area contributed by atoms with E-state index in [1.54, 1.807) is 0 Å². The molecule has 0 N–H and O–H groups in total. The van der Waals surface area contributed by atoms with Crippen LogP contribution in [-0.2, 0) is 0 Å². The Morgan fingerprint density at radius 3 is 2.52 bits per heavy atom. The number of fused-ring (bicyclic) bond motifs is 1. The maximum atomic E-state index is 5.36. The lowest BCUT2D eigenvalue weighted by Gasteiger charge is -2.15. The molecule has 4 aromatic rings. The summed E-state index contributed by atoms with van der Waals surface area (Å²) in [7, 11) is 0. The predicted molar refractivity (Wildman–Crippen MR) is 107 cm³/mol. The zero-order chi connectivity index (χ0) is 19.1. The summed E-state index contributed by atoms with van der Waals surface area (Å²) in [5.74, 6) is 1.20. The largest absolute Gasteiger partial charge is 0.361 e. The van der Waals surface area contributed by atoms with E-state index in [9.17, 15) is 0 Å². The highest BCUT2D eigenvalue weighted by Crippen LogP contribution is 2.34. The topological polar surface area (TPSA) is 56.7 Å². The van der Waals surface area contributed by atoms with Crippen molar-refractivity contribution in [1.29, 1.82) is 0 Å². The lowest BCUT2D eigenvalue weighted by atomic mass is 10.0. The van der Waals surface area contributed by atoms with Crippen LogP contribution in [-0.4, -0.2) is 19.7 Å². The van der Waals surface area contributed by atoms with Crippen LogP contribution in [0.4, 0.5) is 0 Å². The second kappa shape index (κ2) is 6.65. The second-order valence-corrected chi connectivity index (χ2v) is 7.37. The molecule has 0 saturated heterocycles. The number of nitrogens with zero attached hydrogens (tertiary/aromatic N) is 4. The van der Waals surface area contributed by atoms with E-state index in [0.29, 0.717) is 5.92 Å². The van der Waals surface area contributed by atoms with Crippen molar-refractivity contribution >= 4 is 11.0 Å². The zero-order valence-corrected chi connectivity index (χ0v) is 16.4. The lowest BCUT2D eigenvalue weighted by molar-refractivity contribution is 0.393. The average molecular weight is 360 g/mol. The first kappa shape index (κ1) is 17.5. The molecule has 0 saturated carbocycles. The number of pyridine rings is 2. The first-order valence-corrected chi connectivity index (χ1v) is 9.32. The highest BCUT2D eigenvalue weighted by molar-refractivity contribution is 5.85. The Morgan fingerprint density at radius 2 is 1.89 bits per heavy atom. The molecule has 0 aromatic carbocycles. The Hall–Kier alpha value is -2.95. The molecule has 0 amide bonds. The molecule has 5 heteroatoms. The van der Waals surface area contributed by atoms with E-state index in [-0.39, 0.29) is 6.04 Å². The molecule has 0 aliphatic carbocycles. The van der Waals surface area contributed by atoms with Crippen molar-refractivity contribution in [2.24, 2.45) is 0 Å². The molecule has 4 aromatic heterocycles. The summed E-state index contributed by atoms with van der Waals surface area (Å²) in [4.78, 5) is 9.38. The third kappa shape index (κ3) is 2.93. The monoisotopic (exact) mass is 360 g/mol. The van der Waals surface area contributed by atoms with Crippen molar-refractivity contribution in [2.75, 3.05) is 0 Å². The summed E-state index contributed by atoms with van der Waals surface area (Å²) in [6.45, 7) is 10.5. The van der Waals surface area contributed by atoms with Crippen LogP contribution in [0.5, 0.6) is 0 Å². The van der Waals surface area contributed by atoms with Crippen LogP contribution in [0.15, 0.2) is 47.4 Å². The molecular weight excluding hydrogens is 336 g/mol. The van der Waals surface area contributed by atoms with Gasteiger partial charge >= 0.3 is 0 Å². The van der Waals surface area contributed by atoms with E-state index in [1.165, 1.54) is 5.56 Å². The van der Waals surface area contributed by atoms with Gasteiger partial charge in [0, 0.05) is 29.7 Å². The third-order valence-corrected chi connectivity index (χ3v) is 5.17. The van der Waals surface area contributed by atoms with E-state index in [1.807, 2.05) is 38.4 Å². The Balaban J connectivity index is 1.94. The molecule has 27 heavy (non-hydrogen) atoms. The predicted octanol–water partition coefficient (Wildman–Crippen LogP) is 5.44. The Morgan fingerprint density at radius 1 is 1.07 bits per heavy atom. The summed E-state index contributed by atoms with van der Waals surface area (Å²) in [5, 5.41) is 4.09. The van der Waals surface area contributed by atoms with E-state index in [0.717, 1.165) is 39.3 Å². The second-order valence-electron chi connectivity index (χ2n) is 7.37. The van der Waals surface area contributed by atoms with Crippen LogP contribution >= 0.6 is 0 Å². The van der Waals surface area contributed by atoms with Crippen molar-refractivity contribution < 1.29 is 4.52 Å². The smallest absolute Gasteiger partial charge is 0.141 e. The number of aryl methyl sites for hydroxylation is 2. The van der Waals surface area contributed by atoms with Gasteiger partial charge in [0.05, 0.1) is 28.5 Å². The minimum absolute atomic E-state index is 0.114. The third-order valence-electron chi connectivity index (χ3n) is 5.17. The Bertz CT molecular complexity index is 1070. The summed E-state index contributed by atoms with van der Waals surface area (Å²) in [6, 6.07) is 8.35. The van der Waals surface area contributed by atoms with E-state index < -0.39 is 0 Å². The van der Waals surface area contributed by atoms with Gasteiger partial charge < -0.3 is 9.09 Å². The van der Waals surface area contributed by atoms with Gasteiger partial charge in [0.2, 0.25) is 0 Å². The van der Waals surface area contributed by atoms with Crippen LogP contribution in [0, 0.1) is 13.8 Å².